The van der Waals surface area contributed by atoms with Gasteiger partial charge in [0.2, 0.25) is 10.0 Å². The Morgan fingerprint density at radius 2 is 2.06 bits per heavy atom. The van der Waals surface area contributed by atoms with E-state index in [1.54, 1.807) is 18.2 Å². The molecule has 1 aliphatic carbocycles. The quantitative estimate of drug-likeness (QED) is 0.340. The second-order valence-corrected chi connectivity index (χ2v) is 11.1. The first-order valence-electron chi connectivity index (χ1n) is 12.1. The summed E-state index contributed by atoms with van der Waals surface area (Å²) >= 11 is 0. The van der Waals surface area contributed by atoms with Gasteiger partial charge in [-0.3, -0.25) is 14.6 Å². The minimum Gasteiger partial charge on any atom is -0.508 e. The van der Waals surface area contributed by atoms with Gasteiger partial charge in [-0.1, -0.05) is 23.8 Å². The second kappa shape index (κ2) is 10.9. The van der Waals surface area contributed by atoms with Crippen molar-refractivity contribution in [2.24, 2.45) is 10.4 Å². The first-order valence-corrected chi connectivity index (χ1v) is 13.6. The fourth-order valence-electron chi connectivity index (χ4n) is 4.65. The number of rotatable bonds is 10. The first-order chi connectivity index (χ1) is 17.2. The fourth-order valence-corrected chi connectivity index (χ4v) is 5.84. The van der Waals surface area contributed by atoms with Crippen molar-refractivity contribution in [3.8, 4) is 0 Å². The molecule has 1 unspecified atom stereocenters. The van der Waals surface area contributed by atoms with E-state index in [4.69, 9.17) is 4.74 Å². The van der Waals surface area contributed by atoms with Crippen LogP contribution in [0.15, 0.2) is 58.1 Å². The molecule has 1 fully saturated rings. The number of nitrogens with zero attached hydrogens (tertiary/aromatic N) is 1. The van der Waals surface area contributed by atoms with E-state index in [2.05, 4.69) is 20.3 Å². The predicted molar refractivity (Wildman–Crippen MR) is 134 cm³/mol. The highest BCUT2D eigenvalue weighted by molar-refractivity contribution is 7.89. The monoisotopic (exact) mass is 516 g/mol. The summed E-state index contributed by atoms with van der Waals surface area (Å²) in [5.41, 5.74) is -0.307. The van der Waals surface area contributed by atoms with E-state index < -0.39 is 33.5 Å². The minimum absolute atomic E-state index is 0.00213. The van der Waals surface area contributed by atoms with Gasteiger partial charge in [-0.25, -0.2) is 8.42 Å². The summed E-state index contributed by atoms with van der Waals surface area (Å²) in [6.07, 6.45) is 5.99. The number of benzene rings is 1. The van der Waals surface area contributed by atoms with Crippen LogP contribution in [-0.4, -0.2) is 69.4 Å². The Labute approximate surface area is 211 Å². The number of aryl methyl sites for hydroxylation is 1. The maximum absolute atomic E-state index is 13.6. The molecule has 2 aliphatic heterocycles. The number of aliphatic imine (C=N–C) groups is 1. The van der Waals surface area contributed by atoms with Crippen LogP contribution < -0.4 is 15.4 Å². The summed E-state index contributed by atoms with van der Waals surface area (Å²) in [6.45, 7) is 3.64. The number of ketones is 1. The number of amidine groups is 1. The van der Waals surface area contributed by atoms with Gasteiger partial charge >= 0.3 is 5.97 Å². The van der Waals surface area contributed by atoms with Gasteiger partial charge in [0.25, 0.3) is 0 Å². The molecule has 1 aromatic rings. The number of carbonyl (C=O) groups is 2. The second-order valence-electron chi connectivity index (χ2n) is 9.39. The Kier molecular flexibility index (Phi) is 7.91. The van der Waals surface area contributed by atoms with E-state index in [1.807, 2.05) is 6.92 Å². The molecule has 0 saturated carbocycles. The lowest BCUT2D eigenvalue weighted by Crippen LogP contribution is -2.50. The summed E-state index contributed by atoms with van der Waals surface area (Å²) in [5, 5.41) is 16.1. The summed E-state index contributed by atoms with van der Waals surface area (Å²) in [6, 6.07) is 4.50. The zero-order chi connectivity index (χ0) is 25.8. The normalized spacial score (nSPS) is 24.5. The molecule has 4 rings (SSSR count). The molecule has 0 amide bonds. The smallest absolute Gasteiger partial charge is 0.324 e. The van der Waals surface area contributed by atoms with Gasteiger partial charge in [-0.2, -0.15) is 4.72 Å². The molecule has 0 bridgehead atoms. The van der Waals surface area contributed by atoms with Crippen LogP contribution in [0.5, 0.6) is 0 Å². The van der Waals surface area contributed by atoms with Crippen LogP contribution in [0.2, 0.25) is 0 Å². The van der Waals surface area contributed by atoms with Gasteiger partial charge in [0.1, 0.15) is 24.2 Å². The molecule has 194 valence electrons. The van der Waals surface area contributed by atoms with Crippen LogP contribution in [0.1, 0.15) is 31.2 Å². The Morgan fingerprint density at radius 1 is 1.28 bits per heavy atom. The zero-order valence-electron chi connectivity index (χ0n) is 20.2. The molecule has 3 aliphatic rings. The number of nitrogens with one attached hydrogen (secondary N) is 3. The van der Waals surface area contributed by atoms with Gasteiger partial charge in [0, 0.05) is 6.54 Å². The highest BCUT2D eigenvalue weighted by Crippen LogP contribution is 2.38. The highest BCUT2D eigenvalue weighted by atomic mass is 32.2. The molecule has 36 heavy (non-hydrogen) atoms. The number of hydrogen-bond acceptors (Lipinski definition) is 9. The number of aliphatic hydroxyl groups excluding tert-OH is 1. The average Bonchev–Trinajstić information content (AvgIpc) is 3.58. The molecule has 0 spiro atoms. The minimum atomic E-state index is -4.10. The van der Waals surface area contributed by atoms with Crippen LogP contribution in [0.4, 0.5) is 0 Å². The van der Waals surface area contributed by atoms with E-state index in [1.165, 1.54) is 24.3 Å². The fraction of sp³-hybridized carbons (Fsp3) is 0.480. The molecule has 4 N–H and O–H groups in total. The molecular formula is C25H32N4O6S. The molecule has 0 aromatic heterocycles. The maximum atomic E-state index is 13.6. The lowest BCUT2D eigenvalue weighted by molar-refractivity contribution is -0.145. The third-order valence-corrected chi connectivity index (χ3v) is 8.18. The van der Waals surface area contributed by atoms with E-state index in [-0.39, 0.29) is 35.9 Å². The number of esters is 1. The van der Waals surface area contributed by atoms with Crippen molar-refractivity contribution in [2.45, 2.75) is 49.6 Å². The summed E-state index contributed by atoms with van der Waals surface area (Å²) in [7, 11) is -4.10. The van der Waals surface area contributed by atoms with Gasteiger partial charge in [-0.15, -0.1) is 0 Å². The van der Waals surface area contributed by atoms with Crippen molar-refractivity contribution in [3.63, 3.8) is 0 Å². The summed E-state index contributed by atoms with van der Waals surface area (Å²) in [5.74, 6) is -0.424. The van der Waals surface area contributed by atoms with Gasteiger partial charge in [0.15, 0.2) is 5.78 Å². The maximum Gasteiger partial charge on any atom is 0.324 e. The van der Waals surface area contributed by atoms with E-state index in [0.717, 1.165) is 12.0 Å². The molecule has 2 heterocycles. The van der Waals surface area contributed by atoms with Crippen molar-refractivity contribution in [2.75, 3.05) is 26.2 Å². The Hall–Kier alpha value is -3.02. The van der Waals surface area contributed by atoms with Crippen molar-refractivity contribution < 1.29 is 27.9 Å². The number of Topliss-reactive ketones (excluding diaryl/α,β-unsaturated/α-hetero) is 1. The van der Waals surface area contributed by atoms with Gasteiger partial charge in [-0.05, 0) is 63.4 Å². The molecule has 11 heteroatoms. The number of aliphatic hydroxyl groups is 1. The van der Waals surface area contributed by atoms with Crippen LogP contribution in [0, 0.1) is 12.3 Å². The highest BCUT2D eigenvalue weighted by Gasteiger charge is 2.45. The predicted octanol–water partition coefficient (Wildman–Crippen LogP) is 1.29. The van der Waals surface area contributed by atoms with Gasteiger partial charge < -0.3 is 20.5 Å². The molecule has 3 atom stereocenters. The summed E-state index contributed by atoms with van der Waals surface area (Å²) in [4.78, 5) is 31.1. The molecular weight excluding hydrogens is 484 g/mol. The molecule has 0 radical (unpaired) electrons. The van der Waals surface area contributed by atoms with Crippen LogP contribution in [0.3, 0.4) is 0 Å². The van der Waals surface area contributed by atoms with E-state index in [9.17, 15) is 23.1 Å². The number of sulfonamides is 1. The standard InChI is InChI=1S/C25H32N4O6S/c1-17-4-6-19(7-5-17)36(33,34)29-21(24(32)35-16-22-27-13-14-28-22)15-25(10-8-18(30)9-11-25)23(31)20-3-2-12-26-20/h4-10,20-21,26,29-30H,2-3,11-16H2,1H3,(H,27,28)/t20-,21-,25?/m0/s1. The Balaban J connectivity index is 1.62. The van der Waals surface area contributed by atoms with Crippen molar-refractivity contribution >= 4 is 27.6 Å². The number of hydrogen-bond donors (Lipinski definition) is 4. The van der Waals surface area contributed by atoms with E-state index >= 15 is 0 Å². The van der Waals surface area contributed by atoms with Crippen molar-refractivity contribution in [3.05, 3.63) is 53.8 Å². The molecule has 1 aromatic carbocycles. The van der Waals surface area contributed by atoms with Crippen LogP contribution >= 0.6 is 0 Å². The Morgan fingerprint density at radius 3 is 2.67 bits per heavy atom. The van der Waals surface area contributed by atoms with Crippen LogP contribution in [-0.2, 0) is 24.3 Å². The van der Waals surface area contributed by atoms with E-state index in [0.29, 0.717) is 31.9 Å². The zero-order valence-corrected chi connectivity index (χ0v) is 21.0. The first kappa shape index (κ1) is 26.1. The third-order valence-electron chi connectivity index (χ3n) is 6.69. The van der Waals surface area contributed by atoms with Crippen LogP contribution in [0.25, 0.3) is 0 Å². The number of ether oxygens (including phenoxy) is 1. The number of allylic oxidation sites excluding steroid dienone is 3. The van der Waals surface area contributed by atoms with Gasteiger partial charge in [0.05, 0.1) is 22.9 Å². The van der Waals surface area contributed by atoms with Crippen molar-refractivity contribution in [1.29, 1.82) is 0 Å². The summed E-state index contributed by atoms with van der Waals surface area (Å²) < 4.78 is 34.3. The SMILES string of the molecule is Cc1ccc(S(=O)(=O)N[C@@H](CC2(C(=O)[C@@H]3CCCN3)C=CC(O)=CC2)C(=O)OCC2=NCCN2)cc1. The molecule has 10 nitrogen and oxygen atoms in total. The number of carbonyl (C=O) groups excluding carboxylic acids is 2. The Bertz CT molecular complexity index is 1190. The lowest BCUT2D eigenvalue weighted by atomic mass is 9.70. The molecule has 1 saturated heterocycles. The van der Waals surface area contributed by atoms with Crippen molar-refractivity contribution in [1.82, 2.24) is 15.4 Å². The third kappa shape index (κ3) is 6.03. The topological polar surface area (TPSA) is 146 Å². The lowest BCUT2D eigenvalue weighted by Gasteiger charge is -2.35. The average molecular weight is 517 g/mol. The largest absolute Gasteiger partial charge is 0.508 e.